The molecule has 1 N–H and O–H groups in total. The number of hydrogen-bond acceptors (Lipinski definition) is 5. The Morgan fingerprint density at radius 3 is 2.86 bits per heavy atom. The fraction of sp³-hybridized carbons (Fsp3) is 0.591. The zero-order chi connectivity index (χ0) is 19.3. The largest absolute Gasteiger partial charge is 0.484 e. The van der Waals surface area contributed by atoms with Crippen LogP contribution in [0.5, 0.6) is 5.75 Å². The third kappa shape index (κ3) is 4.67. The standard InChI is InChI=1S/C22H31N3O3/c1-24-11-13-25(14-12-24)10-4-9-23-22(26)16-27-17-7-8-21-19(15-17)18-5-2-3-6-20(18)28-21/h7-8,15H,2-6,9-14,16H2,1H3,(H,23,26). The van der Waals surface area contributed by atoms with E-state index in [1.54, 1.807) is 0 Å². The van der Waals surface area contributed by atoms with Crippen molar-refractivity contribution in [3.63, 3.8) is 0 Å². The molecule has 1 aromatic heterocycles. The van der Waals surface area contributed by atoms with Crippen LogP contribution in [0, 0.1) is 0 Å². The van der Waals surface area contributed by atoms with Crippen LogP contribution in [0.25, 0.3) is 11.0 Å². The summed E-state index contributed by atoms with van der Waals surface area (Å²) in [6.45, 7) is 6.29. The molecule has 0 spiro atoms. The van der Waals surface area contributed by atoms with E-state index in [0.29, 0.717) is 6.54 Å². The van der Waals surface area contributed by atoms with E-state index >= 15 is 0 Å². The molecule has 1 amide bonds. The average Bonchev–Trinajstić information content (AvgIpc) is 3.09. The second-order valence-corrected chi connectivity index (χ2v) is 8.01. The predicted molar refractivity (Wildman–Crippen MR) is 110 cm³/mol. The SMILES string of the molecule is CN1CCN(CCCNC(=O)COc2ccc3oc4c(c3c2)CCCC4)CC1. The summed E-state index contributed by atoms with van der Waals surface area (Å²) < 4.78 is 11.7. The molecule has 152 valence electrons. The van der Waals surface area contributed by atoms with Crippen molar-refractivity contribution >= 4 is 16.9 Å². The van der Waals surface area contributed by atoms with E-state index in [1.165, 1.54) is 18.4 Å². The van der Waals surface area contributed by atoms with E-state index in [0.717, 1.165) is 74.5 Å². The summed E-state index contributed by atoms with van der Waals surface area (Å²) in [6, 6.07) is 5.86. The van der Waals surface area contributed by atoms with Crippen molar-refractivity contribution in [3.8, 4) is 5.75 Å². The van der Waals surface area contributed by atoms with Crippen molar-refractivity contribution < 1.29 is 13.9 Å². The number of likely N-dealkylation sites (N-methyl/N-ethyl adjacent to an activating group) is 1. The summed E-state index contributed by atoms with van der Waals surface area (Å²) in [5.41, 5.74) is 2.24. The molecule has 4 rings (SSSR count). The van der Waals surface area contributed by atoms with Crippen LogP contribution < -0.4 is 10.1 Å². The molecule has 2 aromatic rings. The number of carbonyl (C=O) groups excluding carboxylic acids is 1. The number of fused-ring (bicyclic) bond motifs is 3. The zero-order valence-electron chi connectivity index (χ0n) is 16.8. The van der Waals surface area contributed by atoms with E-state index in [1.807, 2.05) is 18.2 Å². The molecule has 0 unspecified atom stereocenters. The lowest BCUT2D eigenvalue weighted by molar-refractivity contribution is -0.123. The van der Waals surface area contributed by atoms with Crippen LogP contribution in [0.15, 0.2) is 22.6 Å². The molecule has 1 aromatic carbocycles. The third-order valence-electron chi connectivity index (χ3n) is 5.87. The summed E-state index contributed by atoms with van der Waals surface area (Å²) in [6.07, 6.45) is 5.48. The second kappa shape index (κ2) is 8.97. The topological polar surface area (TPSA) is 58.0 Å². The molecular formula is C22H31N3O3. The first-order valence-electron chi connectivity index (χ1n) is 10.5. The first kappa shape index (κ1) is 19.3. The van der Waals surface area contributed by atoms with Gasteiger partial charge in [0.1, 0.15) is 17.1 Å². The zero-order valence-corrected chi connectivity index (χ0v) is 16.8. The summed E-state index contributed by atoms with van der Waals surface area (Å²) in [5, 5.41) is 4.10. The number of aryl methyl sites for hydroxylation is 2. The lowest BCUT2D eigenvalue weighted by Gasteiger charge is -2.32. The quantitative estimate of drug-likeness (QED) is 0.742. The Kier molecular flexibility index (Phi) is 6.17. The van der Waals surface area contributed by atoms with Crippen molar-refractivity contribution in [2.75, 3.05) is 52.9 Å². The number of piperazine rings is 1. The number of furan rings is 1. The first-order valence-corrected chi connectivity index (χ1v) is 10.5. The van der Waals surface area contributed by atoms with Gasteiger partial charge in [-0.25, -0.2) is 0 Å². The van der Waals surface area contributed by atoms with E-state index in [9.17, 15) is 4.79 Å². The highest BCUT2D eigenvalue weighted by Crippen LogP contribution is 2.33. The van der Waals surface area contributed by atoms with Crippen LogP contribution in [0.1, 0.15) is 30.6 Å². The molecule has 6 heteroatoms. The van der Waals surface area contributed by atoms with Crippen LogP contribution in [0.4, 0.5) is 0 Å². The Bertz CT molecular complexity index is 809. The van der Waals surface area contributed by atoms with Crippen molar-refractivity contribution in [2.45, 2.75) is 32.1 Å². The number of rotatable bonds is 7. The number of ether oxygens (including phenoxy) is 1. The number of nitrogens with zero attached hydrogens (tertiary/aromatic N) is 2. The summed E-state index contributed by atoms with van der Waals surface area (Å²) in [7, 11) is 2.16. The molecule has 6 nitrogen and oxygen atoms in total. The molecule has 1 aliphatic heterocycles. The van der Waals surface area contributed by atoms with Gasteiger partial charge in [-0.05, 0) is 57.5 Å². The van der Waals surface area contributed by atoms with Gasteiger partial charge >= 0.3 is 0 Å². The second-order valence-electron chi connectivity index (χ2n) is 8.01. The van der Waals surface area contributed by atoms with Gasteiger partial charge in [-0.3, -0.25) is 4.79 Å². The van der Waals surface area contributed by atoms with Gasteiger partial charge in [-0.15, -0.1) is 0 Å². The van der Waals surface area contributed by atoms with Gasteiger partial charge in [0.05, 0.1) is 0 Å². The van der Waals surface area contributed by atoms with Crippen molar-refractivity contribution in [2.24, 2.45) is 0 Å². The molecule has 28 heavy (non-hydrogen) atoms. The van der Waals surface area contributed by atoms with Crippen LogP contribution in [-0.4, -0.2) is 68.6 Å². The first-order chi connectivity index (χ1) is 13.7. The van der Waals surface area contributed by atoms with Crippen LogP contribution in [-0.2, 0) is 17.6 Å². The maximum Gasteiger partial charge on any atom is 0.257 e. The maximum atomic E-state index is 12.1. The Labute approximate surface area is 166 Å². The number of hydrogen-bond donors (Lipinski definition) is 1. The summed E-state index contributed by atoms with van der Waals surface area (Å²) >= 11 is 0. The third-order valence-corrected chi connectivity index (χ3v) is 5.87. The summed E-state index contributed by atoms with van der Waals surface area (Å²) in [5.74, 6) is 1.79. The monoisotopic (exact) mass is 385 g/mol. The lowest BCUT2D eigenvalue weighted by Crippen LogP contribution is -2.45. The number of benzene rings is 1. The minimum atomic E-state index is -0.0623. The van der Waals surface area contributed by atoms with Gasteiger partial charge in [0.2, 0.25) is 0 Å². The molecular weight excluding hydrogens is 354 g/mol. The lowest BCUT2D eigenvalue weighted by atomic mass is 9.96. The van der Waals surface area contributed by atoms with Gasteiger partial charge in [0.25, 0.3) is 5.91 Å². The van der Waals surface area contributed by atoms with Crippen molar-refractivity contribution in [1.29, 1.82) is 0 Å². The molecule has 2 heterocycles. The molecule has 0 radical (unpaired) electrons. The molecule has 1 saturated heterocycles. The van der Waals surface area contributed by atoms with Crippen LogP contribution in [0.3, 0.4) is 0 Å². The molecule has 1 aliphatic carbocycles. The molecule has 1 fully saturated rings. The average molecular weight is 386 g/mol. The van der Waals surface area contributed by atoms with Gasteiger partial charge in [0.15, 0.2) is 6.61 Å². The normalized spacial score (nSPS) is 18.2. The molecule has 0 saturated carbocycles. The predicted octanol–water partition coefficient (Wildman–Crippen LogP) is 2.44. The Morgan fingerprint density at radius 2 is 2.00 bits per heavy atom. The van der Waals surface area contributed by atoms with E-state index in [2.05, 4.69) is 22.2 Å². The van der Waals surface area contributed by atoms with E-state index in [4.69, 9.17) is 9.15 Å². The van der Waals surface area contributed by atoms with E-state index < -0.39 is 0 Å². The highest BCUT2D eigenvalue weighted by Gasteiger charge is 2.18. The van der Waals surface area contributed by atoms with Crippen molar-refractivity contribution in [3.05, 3.63) is 29.5 Å². The number of carbonyl (C=O) groups is 1. The Morgan fingerprint density at radius 1 is 1.18 bits per heavy atom. The fourth-order valence-electron chi connectivity index (χ4n) is 4.13. The smallest absolute Gasteiger partial charge is 0.257 e. The van der Waals surface area contributed by atoms with Crippen molar-refractivity contribution in [1.82, 2.24) is 15.1 Å². The van der Waals surface area contributed by atoms with Gasteiger partial charge in [-0.2, -0.15) is 0 Å². The minimum Gasteiger partial charge on any atom is -0.484 e. The number of amides is 1. The van der Waals surface area contributed by atoms with Gasteiger partial charge in [0, 0.05) is 50.1 Å². The Balaban J connectivity index is 1.20. The molecule has 0 bridgehead atoms. The Hall–Kier alpha value is -2.05. The minimum absolute atomic E-state index is 0.0556. The number of nitrogens with one attached hydrogen (secondary N) is 1. The van der Waals surface area contributed by atoms with E-state index in [-0.39, 0.29) is 12.5 Å². The van der Waals surface area contributed by atoms with Gasteiger partial charge < -0.3 is 24.3 Å². The molecule has 0 atom stereocenters. The fourth-order valence-corrected chi connectivity index (χ4v) is 4.13. The molecule has 2 aliphatic rings. The van der Waals surface area contributed by atoms with Crippen LogP contribution in [0.2, 0.25) is 0 Å². The van der Waals surface area contributed by atoms with Crippen LogP contribution >= 0.6 is 0 Å². The highest BCUT2D eigenvalue weighted by molar-refractivity contribution is 5.84. The van der Waals surface area contributed by atoms with Gasteiger partial charge in [-0.1, -0.05) is 0 Å². The highest BCUT2D eigenvalue weighted by atomic mass is 16.5. The maximum absolute atomic E-state index is 12.1. The summed E-state index contributed by atoms with van der Waals surface area (Å²) in [4.78, 5) is 16.9.